The number of amides is 1. The zero-order chi connectivity index (χ0) is 18.5. The van der Waals surface area contributed by atoms with Crippen LogP contribution in [0.15, 0.2) is 59.5 Å². The van der Waals surface area contributed by atoms with Gasteiger partial charge in [0.25, 0.3) is 11.5 Å². The molecule has 0 radical (unpaired) electrons. The molecule has 1 aromatic heterocycles. The predicted molar refractivity (Wildman–Crippen MR) is 103 cm³/mol. The Kier molecular flexibility index (Phi) is 5.37. The molecule has 0 aliphatic carbocycles. The summed E-state index contributed by atoms with van der Waals surface area (Å²) < 4.78 is 5.17. The standard InChI is InChI=1S/C21H22N2O3/c1-14(15-7-9-16(26-2)10-8-15)11-12-22-21(25)19-13-23-20(24)18-6-4-3-5-17(18)19/h3-10,13-14H,11-12H2,1-2H3,(H,22,25)(H,23,24)/t14-/m0/s1. The number of carbonyl (C=O) groups excluding carboxylic acids is 1. The second kappa shape index (κ2) is 7.87. The Labute approximate surface area is 152 Å². The van der Waals surface area contributed by atoms with Gasteiger partial charge in [0.2, 0.25) is 0 Å². The minimum absolute atomic E-state index is 0.181. The summed E-state index contributed by atoms with van der Waals surface area (Å²) in [5.74, 6) is 0.965. The van der Waals surface area contributed by atoms with Gasteiger partial charge < -0.3 is 15.0 Å². The van der Waals surface area contributed by atoms with Gasteiger partial charge in [-0.05, 0) is 36.1 Å². The summed E-state index contributed by atoms with van der Waals surface area (Å²) in [5.41, 5.74) is 1.50. The van der Waals surface area contributed by atoms with Crippen LogP contribution in [-0.4, -0.2) is 24.5 Å². The van der Waals surface area contributed by atoms with Crippen LogP contribution in [-0.2, 0) is 0 Å². The third-order valence-corrected chi connectivity index (χ3v) is 4.60. The first-order chi connectivity index (χ1) is 12.6. The van der Waals surface area contributed by atoms with Gasteiger partial charge in [0.15, 0.2) is 0 Å². The molecule has 2 N–H and O–H groups in total. The second-order valence-corrected chi connectivity index (χ2v) is 6.30. The smallest absolute Gasteiger partial charge is 0.255 e. The lowest BCUT2D eigenvalue weighted by atomic mass is 9.97. The normalized spacial score (nSPS) is 11.9. The highest BCUT2D eigenvalue weighted by atomic mass is 16.5. The molecule has 0 saturated carbocycles. The number of aromatic nitrogens is 1. The van der Waals surface area contributed by atoms with Crippen LogP contribution in [0.2, 0.25) is 0 Å². The van der Waals surface area contributed by atoms with E-state index in [1.807, 2.05) is 30.3 Å². The van der Waals surface area contributed by atoms with Crippen LogP contribution in [0.4, 0.5) is 0 Å². The summed E-state index contributed by atoms with van der Waals surface area (Å²) in [4.78, 5) is 27.0. The molecule has 5 nitrogen and oxygen atoms in total. The fraction of sp³-hybridized carbons (Fsp3) is 0.238. The largest absolute Gasteiger partial charge is 0.497 e. The molecule has 5 heteroatoms. The van der Waals surface area contributed by atoms with Crippen molar-refractivity contribution in [2.45, 2.75) is 19.3 Å². The van der Waals surface area contributed by atoms with E-state index in [4.69, 9.17) is 4.74 Å². The molecule has 1 heterocycles. The average Bonchev–Trinajstić information content (AvgIpc) is 2.68. The molecule has 0 saturated heterocycles. The fourth-order valence-electron chi connectivity index (χ4n) is 2.99. The molecule has 0 spiro atoms. The SMILES string of the molecule is COc1ccc([C@@H](C)CCNC(=O)c2c[nH]c(=O)c3ccccc23)cc1. The van der Waals surface area contributed by atoms with Crippen LogP contribution in [0.5, 0.6) is 5.75 Å². The van der Waals surface area contributed by atoms with Crippen LogP contribution in [0.25, 0.3) is 10.8 Å². The van der Waals surface area contributed by atoms with E-state index in [9.17, 15) is 9.59 Å². The molecule has 0 unspecified atom stereocenters. The number of ether oxygens (including phenoxy) is 1. The predicted octanol–water partition coefficient (Wildman–Crippen LogP) is 3.46. The molecule has 1 atom stereocenters. The second-order valence-electron chi connectivity index (χ2n) is 6.30. The summed E-state index contributed by atoms with van der Waals surface area (Å²) in [7, 11) is 1.65. The van der Waals surface area contributed by atoms with Gasteiger partial charge in [0, 0.05) is 23.5 Å². The maximum absolute atomic E-state index is 12.5. The number of rotatable bonds is 6. The third kappa shape index (κ3) is 3.77. The molecule has 0 bridgehead atoms. The van der Waals surface area contributed by atoms with Crippen molar-refractivity contribution in [2.75, 3.05) is 13.7 Å². The maximum Gasteiger partial charge on any atom is 0.255 e. The summed E-state index contributed by atoms with van der Waals surface area (Å²) >= 11 is 0. The first-order valence-electron chi connectivity index (χ1n) is 8.62. The van der Waals surface area contributed by atoms with Gasteiger partial charge in [-0.25, -0.2) is 0 Å². The van der Waals surface area contributed by atoms with Crippen LogP contribution in [0.3, 0.4) is 0 Å². The first kappa shape index (κ1) is 17.7. The van der Waals surface area contributed by atoms with Gasteiger partial charge >= 0.3 is 0 Å². The highest BCUT2D eigenvalue weighted by Gasteiger charge is 2.12. The lowest BCUT2D eigenvalue weighted by molar-refractivity contribution is 0.0954. The van der Waals surface area contributed by atoms with E-state index in [0.717, 1.165) is 12.2 Å². The van der Waals surface area contributed by atoms with Crippen molar-refractivity contribution >= 4 is 16.7 Å². The van der Waals surface area contributed by atoms with Crippen LogP contribution in [0.1, 0.15) is 35.2 Å². The average molecular weight is 350 g/mol. The van der Waals surface area contributed by atoms with Crippen LogP contribution < -0.4 is 15.6 Å². The fourth-order valence-corrected chi connectivity index (χ4v) is 2.99. The van der Waals surface area contributed by atoms with Gasteiger partial charge in [-0.3, -0.25) is 9.59 Å². The highest BCUT2D eigenvalue weighted by Crippen LogP contribution is 2.21. The molecule has 0 fully saturated rings. The number of aromatic amines is 1. The van der Waals surface area contributed by atoms with Gasteiger partial charge in [-0.2, -0.15) is 0 Å². The van der Waals surface area contributed by atoms with Crippen LogP contribution in [0, 0.1) is 0 Å². The Morgan fingerprint density at radius 2 is 1.81 bits per heavy atom. The summed E-state index contributed by atoms with van der Waals surface area (Å²) in [6, 6.07) is 15.1. The minimum Gasteiger partial charge on any atom is -0.497 e. The van der Waals surface area contributed by atoms with Crippen molar-refractivity contribution in [3.63, 3.8) is 0 Å². The molecular formula is C21H22N2O3. The molecule has 0 aliphatic heterocycles. The van der Waals surface area contributed by atoms with Crippen molar-refractivity contribution in [3.05, 3.63) is 76.2 Å². The van der Waals surface area contributed by atoms with E-state index in [-0.39, 0.29) is 11.5 Å². The lowest BCUT2D eigenvalue weighted by Gasteiger charge is -2.13. The summed E-state index contributed by atoms with van der Waals surface area (Å²) in [6.45, 7) is 2.68. The molecule has 0 aliphatic rings. The Bertz CT molecular complexity index is 961. The van der Waals surface area contributed by atoms with E-state index in [2.05, 4.69) is 17.2 Å². The summed E-state index contributed by atoms with van der Waals surface area (Å²) in [6.07, 6.45) is 2.30. The van der Waals surface area contributed by atoms with Crippen molar-refractivity contribution in [1.29, 1.82) is 0 Å². The molecular weight excluding hydrogens is 328 g/mol. The monoisotopic (exact) mass is 350 g/mol. The first-order valence-corrected chi connectivity index (χ1v) is 8.62. The van der Waals surface area contributed by atoms with Crippen molar-refractivity contribution in [1.82, 2.24) is 10.3 Å². The van der Waals surface area contributed by atoms with E-state index in [1.54, 1.807) is 25.3 Å². The molecule has 26 heavy (non-hydrogen) atoms. The number of fused-ring (bicyclic) bond motifs is 1. The number of nitrogens with one attached hydrogen (secondary N) is 2. The number of methoxy groups -OCH3 is 1. The number of pyridine rings is 1. The lowest BCUT2D eigenvalue weighted by Crippen LogP contribution is -2.26. The number of carbonyl (C=O) groups is 1. The molecule has 3 rings (SSSR count). The molecule has 3 aromatic rings. The van der Waals surface area contributed by atoms with Gasteiger partial charge in [-0.1, -0.05) is 37.3 Å². The molecule has 134 valence electrons. The minimum atomic E-state index is -0.190. The topological polar surface area (TPSA) is 71.2 Å². The van der Waals surface area contributed by atoms with Crippen molar-refractivity contribution in [3.8, 4) is 5.75 Å². The number of hydrogen-bond donors (Lipinski definition) is 2. The van der Waals surface area contributed by atoms with Gasteiger partial charge in [0.1, 0.15) is 5.75 Å². The van der Waals surface area contributed by atoms with Gasteiger partial charge in [0.05, 0.1) is 12.7 Å². The third-order valence-electron chi connectivity index (χ3n) is 4.60. The maximum atomic E-state index is 12.5. The van der Waals surface area contributed by atoms with E-state index in [0.29, 0.717) is 28.8 Å². The number of benzene rings is 2. The zero-order valence-electron chi connectivity index (χ0n) is 14.9. The van der Waals surface area contributed by atoms with Crippen molar-refractivity contribution < 1.29 is 9.53 Å². The van der Waals surface area contributed by atoms with E-state index < -0.39 is 0 Å². The van der Waals surface area contributed by atoms with E-state index in [1.165, 1.54) is 11.8 Å². The van der Waals surface area contributed by atoms with E-state index >= 15 is 0 Å². The van der Waals surface area contributed by atoms with Crippen molar-refractivity contribution in [2.24, 2.45) is 0 Å². The Balaban J connectivity index is 1.64. The highest BCUT2D eigenvalue weighted by molar-refractivity contribution is 6.06. The Morgan fingerprint density at radius 1 is 1.12 bits per heavy atom. The Hall–Kier alpha value is -3.08. The quantitative estimate of drug-likeness (QED) is 0.715. The number of hydrogen-bond acceptors (Lipinski definition) is 3. The molecule has 1 amide bonds. The Morgan fingerprint density at radius 3 is 2.50 bits per heavy atom. The number of H-pyrrole nitrogens is 1. The summed E-state index contributed by atoms with van der Waals surface area (Å²) in [5, 5.41) is 4.13. The van der Waals surface area contributed by atoms with Gasteiger partial charge in [-0.15, -0.1) is 0 Å². The van der Waals surface area contributed by atoms with Crippen LogP contribution >= 0.6 is 0 Å². The zero-order valence-corrected chi connectivity index (χ0v) is 14.9. The molecule has 2 aromatic carbocycles.